The normalized spacial score (nSPS) is 43.4. The van der Waals surface area contributed by atoms with Crippen molar-refractivity contribution in [1.82, 2.24) is 5.32 Å². The molecule has 0 aromatic carbocycles. The number of amides is 1. The van der Waals surface area contributed by atoms with Gasteiger partial charge in [0.25, 0.3) is 10.1 Å². The monoisotopic (exact) mass is 439 g/mol. The van der Waals surface area contributed by atoms with Crippen LogP contribution in [-0.4, -0.2) is 24.8 Å². The van der Waals surface area contributed by atoms with Gasteiger partial charge in [0.05, 0.1) is 0 Å². The van der Waals surface area contributed by atoms with E-state index in [1.807, 2.05) is 0 Å². The average molecular weight is 440 g/mol. The Morgan fingerprint density at radius 2 is 1.73 bits per heavy atom. The van der Waals surface area contributed by atoms with E-state index in [0.29, 0.717) is 23.2 Å². The number of hydrogen-bond acceptors (Lipinski definition) is 3. The van der Waals surface area contributed by atoms with Crippen molar-refractivity contribution < 1.29 is 17.8 Å². The summed E-state index contributed by atoms with van der Waals surface area (Å²) >= 11 is 0. The van der Waals surface area contributed by atoms with E-state index in [9.17, 15) is 13.2 Å². The van der Waals surface area contributed by atoms with Crippen LogP contribution in [0.15, 0.2) is 0 Å². The molecule has 30 heavy (non-hydrogen) atoms. The fraction of sp³-hybridized carbons (Fsp3) is 0.958. The van der Waals surface area contributed by atoms with Crippen LogP contribution in [0.1, 0.15) is 97.3 Å². The number of carbonyl (C=O) groups is 1. The summed E-state index contributed by atoms with van der Waals surface area (Å²) in [5.41, 5.74) is 1.01. The van der Waals surface area contributed by atoms with Crippen LogP contribution in [0.25, 0.3) is 0 Å². The molecule has 0 radical (unpaired) electrons. The Balaban J connectivity index is 1.34. The summed E-state index contributed by atoms with van der Waals surface area (Å²) in [4.78, 5) is 11.9. The van der Waals surface area contributed by atoms with Gasteiger partial charge in [-0.1, -0.05) is 26.7 Å². The van der Waals surface area contributed by atoms with Gasteiger partial charge in [-0.15, -0.1) is 0 Å². The molecule has 0 saturated heterocycles. The summed E-state index contributed by atoms with van der Waals surface area (Å²) in [6.07, 6.45) is 16.3. The molecule has 0 aromatic heterocycles. The Hall–Kier alpha value is -0.620. The first-order valence-corrected chi connectivity index (χ1v) is 14.0. The van der Waals surface area contributed by atoms with Crippen LogP contribution in [-0.2, 0) is 14.9 Å². The maximum atomic E-state index is 11.9. The van der Waals surface area contributed by atoms with E-state index in [2.05, 4.69) is 19.2 Å². The number of fused-ring (bicyclic) bond motifs is 5. The van der Waals surface area contributed by atoms with E-state index in [1.54, 1.807) is 0 Å². The van der Waals surface area contributed by atoms with Crippen molar-refractivity contribution in [1.29, 1.82) is 0 Å². The minimum atomic E-state index is -4.14. The molecular weight excluding hydrogens is 398 g/mol. The highest BCUT2D eigenvalue weighted by molar-refractivity contribution is 7.85. The van der Waals surface area contributed by atoms with Crippen molar-refractivity contribution in [3.05, 3.63) is 0 Å². The summed E-state index contributed by atoms with van der Waals surface area (Å²) < 4.78 is 30.3. The summed E-state index contributed by atoms with van der Waals surface area (Å²) in [6, 6.07) is 0. The first-order chi connectivity index (χ1) is 14.1. The van der Waals surface area contributed by atoms with Crippen molar-refractivity contribution in [3.63, 3.8) is 0 Å². The number of rotatable bonds is 6. The van der Waals surface area contributed by atoms with E-state index < -0.39 is 16.0 Å². The van der Waals surface area contributed by atoms with E-state index in [0.717, 1.165) is 36.5 Å². The fourth-order valence-electron chi connectivity index (χ4n) is 8.65. The van der Waals surface area contributed by atoms with Crippen LogP contribution in [0.4, 0.5) is 0 Å². The smallest absolute Gasteiger partial charge is 0.283 e. The SMILES string of the molecule is CC12CCCCC1CCC1C2CCC2(C)C(CCCC(=O)NCS(=O)(=O)O)CCC12. The largest absolute Gasteiger partial charge is 0.340 e. The van der Waals surface area contributed by atoms with Crippen molar-refractivity contribution in [3.8, 4) is 0 Å². The molecule has 0 aliphatic heterocycles. The maximum Gasteiger partial charge on any atom is 0.283 e. The molecule has 4 aliphatic carbocycles. The van der Waals surface area contributed by atoms with Crippen LogP contribution < -0.4 is 5.32 Å². The van der Waals surface area contributed by atoms with Crippen molar-refractivity contribution in [2.45, 2.75) is 97.3 Å². The Bertz CT molecular complexity index is 752. The topological polar surface area (TPSA) is 83.5 Å². The van der Waals surface area contributed by atoms with E-state index in [1.165, 1.54) is 64.2 Å². The molecule has 0 bridgehead atoms. The van der Waals surface area contributed by atoms with E-state index in [4.69, 9.17) is 4.55 Å². The highest BCUT2D eigenvalue weighted by Crippen LogP contribution is 2.67. The van der Waals surface area contributed by atoms with Gasteiger partial charge in [-0.25, -0.2) is 0 Å². The second-order valence-corrected chi connectivity index (χ2v) is 12.9. The Morgan fingerprint density at radius 1 is 0.967 bits per heavy atom. The third kappa shape index (κ3) is 4.20. The second kappa shape index (κ2) is 8.38. The average Bonchev–Trinajstić information content (AvgIpc) is 3.02. The summed E-state index contributed by atoms with van der Waals surface area (Å²) in [6.45, 7) is 5.17. The lowest BCUT2D eigenvalue weighted by Crippen LogP contribution is -2.52. The second-order valence-electron chi connectivity index (χ2n) is 11.4. The number of hydrogen-bond donors (Lipinski definition) is 2. The fourth-order valence-corrected chi connectivity index (χ4v) is 8.99. The lowest BCUT2D eigenvalue weighted by atomic mass is 9.45. The first kappa shape index (κ1) is 22.6. The highest BCUT2D eigenvalue weighted by Gasteiger charge is 2.59. The minimum Gasteiger partial charge on any atom is -0.340 e. The van der Waals surface area contributed by atoms with Gasteiger partial charge in [-0.3, -0.25) is 9.35 Å². The molecule has 172 valence electrons. The molecular formula is C24H41NO4S. The highest BCUT2D eigenvalue weighted by atomic mass is 32.2. The van der Waals surface area contributed by atoms with Gasteiger partial charge >= 0.3 is 0 Å². The molecule has 4 rings (SSSR count). The molecule has 7 atom stereocenters. The molecule has 0 spiro atoms. The van der Waals surface area contributed by atoms with E-state index >= 15 is 0 Å². The molecule has 5 nitrogen and oxygen atoms in total. The summed E-state index contributed by atoms with van der Waals surface area (Å²) in [5, 5.41) is 2.30. The Kier molecular flexibility index (Phi) is 6.31. The zero-order chi connectivity index (χ0) is 21.6. The van der Waals surface area contributed by atoms with E-state index in [-0.39, 0.29) is 5.91 Å². The molecule has 4 aliphatic rings. The molecule has 0 aromatic rings. The summed E-state index contributed by atoms with van der Waals surface area (Å²) in [7, 11) is -4.14. The van der Waals surface area contributed by atoms with Gasteiger partial charge in [0, 0.05) is 6.42 Å². The van der Waals surface area contributed by atoms with Crippen molar-refractivity contribution >= 4 is 16.0 Å². The molecule has 4 fully saturated rings. The van der Waals surface area contributed by atoms with Crippen LogP contribution in [0.2, 0.25) is 0 Å². The molecule has 7 unspecified atom stereocenters. The Labute approximate surface area is 182 Å². The van der Waals surface area contributed by atoms with Crippen molar-refractivity contribution in [2.75, 3.05) is 5.88 Å². The lowest BCUT2D eigenvalue weighted by molar-refractivity contribution is -0.121. The molecule has 0 heterocycles. The standard InChI is InChI=1S/C24H41NO4S/c1-23-14-4-3-6-17(23)9-11-19-20-12-10-18(24(20,2)15-13-21(19)23)7-5-8-22(26)25-16-30(27,28)29/h17-21H,3-16H2,1-2H3,(H,25,26)(H,27,28,29). The van der Waals surface area contributed by atoms with Crippen LogP contribution >= 0.6 is 0 Å². The third-order valence-electron chi connectivity index (χ3n) is 10.2. The van der Waals surface area contributed by atoms with Crippen LogP contribution in [0, 0.1) is 40.4 Å². The molecule has 6 heteroatoms. The summed E-state index contributed by atoms with van der Waals surface area (Å²) in [5.74, 6) is 3.39. The van der Waals surface area contributed by atoms with Crippen molar-refractivity contribution in [2.24, 2.45) is 40.4 Å². The van der Waals surface area contributed by atoms with Gasteiger partial charge in [-0.05, 0) is 105 Å². The van der Waals surface area contributed by atoms with Gasteiger partial charge in [0.15, 0.2) is 0 Å². The van der Waals surface area contributed by atoms with Gasteiger partial charge in [0.1, 0.15) is 5.88 Å². The predicted octanol–water partition coefficient (Wildman–Crippen LogP) is 5.17. The van der Waals surface area contributed by atoms with Crippen LogP contribution in [0.5, 0.6) is 0 Å². The van der Waals surface area contributed by atoms with Crippen LogP contribution in [0.3, 0.4) is 0 Å². The van der Waals surface area contributed by atoms with Gasteiger partial charge in [0.2, 0.25) is 5.91 Å². The minimum absolute atomic E-state index is 0.278. The predicted molar refractivity (Wildman–Crippen MR) is 118 cm³/mol. The quantitative estimate of drug-likeness (QED) is 0.560. The molecule has 1 amide bonds. The lowest BCUT2D eigenvalue weighted by Gasteiger charge is -2.60. The maximum absolute atomic E-state index is 11.9. The molecule has 2 N–H and O–H groups in total. The zero-order valence-electron chi connectivity index (χ0n) is 18.9. The van der Waals surface area contributed by atoms with Gasteiger partial charge in [-0.2, -0.15) is 8.42 Å². The number of nitrogens with one attached hydrogen (secondary N) is 1. The first-order valence-electron chi connectivity index (χ1n) is 12.4. The number of carbonyl (C=O) groups excluding carboxylic acids is 1. The molecule has 4 saturated carbocycles. The van der Waals surface area contributed by atoms with Gasteiger partial charge < -0.3 is 5.32 Å². The third-order valence-corrected chi connectivity index (χ3v) is 10.7. The Morgan fingerprint density at radius 3 is 2.50 bits per heavy atom. The zero-order valence-corrected chi connectivity index (χ0v) is 19.7.